The number of thiazole rings is 1. The molecule has 1 saturated heterocycles. The fraction of sp³-hybridized carbons (Fsp3) is 0.304. The van der Waals surface area contributed by atoms with Gasteiger partial charge in [0, 0.05) is 34.9 Å². The summed E-state index contributed by atoms with van der Waals surface area (Å²) in [5, 5.41) is 9.67. The second kappa shape index (κ2) is 9.20. The van der Waals surface area contributed by atoms with Gasteiger partial charge in [0.25, 0.3) is 0 Å². The van der Waals surface area contributed by atoms with Crippen molar-refractivity contribution in [3.05, 3.63) is 70.7 Å². The summed E-state index contributed by atoms with van der Waals surface area (Å²) in [6.07, 6.45) is 1.78. The quantitative estimate of drug-likeness (QED) is 0.602. The van der Waals surface area contributed by atoms with Crippen LogP contribution in [0.2, 0.25) is 0 Å². The van der Waals surface area contributed by atoms with Gasteiger partial charge in [-0.25, -0.2) is 4.98 Å². The van der Waals surface area contributed by atoms with Crippen LogP contribution in [-0.2, 0) is 11.3 Å². The Morgan fingerprint density at radius 3 is 2.34 bits per heavy atom. The van der Waals surface area contributed by atoms with Crippen molar-refractivity contribution in [3.8, 4) is 0 Å². The number of hydrogen-bond acceptors (Lipinski definition) is 5. The summed E-state index contributed by atoms with van der Waals surface area (Å²) in [6.45, 7) is 4.80. The Hall–Kier alpha value is -2.70. The van der Waals surface area contributed by atoms with Crippen LogP contribution in [0.25, 0.3) is 0 Å². The van der Waals surface area contributed by atoms with Crippen LogP contribution in [0, 0.1) is 12.8 Å². The Morgan fingerprint density at radius 1 is 1.03 bits per heavy atom. The van der Waals surface area contributed by atoms with E-state index in [0.29, 0.717) is 0 Å². The summed E-state index contributed by atoms with van der Waals surface area (Å²) < 4.78 is 0. The van der Waals surface area contributed by atoms with E-state index in [1.807, 2.05) is 61.5 Å². The highest BCUT2D eigenvalue weighted by atomic mass is 32.1. The van der Waals surface area contributed by atoms with Crippen LogP contribution in [0.4, 0.5) is 17.1 Å². The fourth-order valence-corrected chi connectivity index (χ4v) is 4.24. The Bertz CT molecular complexity index is 931. The molecule has 0 atom stereocenters. The SMILES string of the molecule is Cc1nc(CN2CCC(C(=O)Nc3ccc(Nc4ccccc4)cc3)CC2)cs1. The summed E-state index contributed by atoms with van der Waals surface area (Å²) in [4.78, 5) is 19.6. The minimum Gasteiger partial charge on any atom is -0.356 e. The van der Waals surface area contributed by atoms with Gasteiger partial charge in [-0.15, -0.1) is 11.3 Å². The summed E-state index contributed by atoms with van der Waals surface area (Å²) in [5.41, 5.74) is 4.03. The normalized spacial score (nSPS) is 15.2. The van der Waals surface area contributed by atoms with E-state index in [1.165, 1.54) is 0 Å². The van der Waals surface area contributed by atoms with Crippen molar-refractivity contribution in [2.75, 3.05) is 23.7 Å². The third-order valence-corrected chi connectivity index (χ3v) is 6.05. The van der Waals surface area contributed by atoms with Crippen LogP contribution in [0.1, 0.15) is 23.5 Å². The molecule has 1 aliphatic heterocycles. The zero-order chi connectivity index (χ0) is 20.1. The molecule has 29 heavy (non-hydrogen) atoms. The van der Waals surface area contributed by atoms with Crippen molar-refractivity contribution >= 4 is 34.3 Å². The van der Waals surface area contributed by atoms with Gasteiger partial charge in [-0.2, -0.15) is 0 Å². The molecule has 0 spiro atoms. The van der Waals surface area contributed by atoms with Gasteiger partial charge >= 0.3 is 0 Å². The molecule has 3 aromatic rings. The Balaban J connectivity index is 1.25. The molecule has 0 radical (unpaired) electrons. The number of nitrogens with one attached hydrogen (secondary N) is 2. The number of benzene rings is 2. The number of anilines is 3. The molecule has 0 aliphatic carbocycles. The van der Waals surface area contributed by atoms with Crippen LogP contribution in [0.3, 0.4) is 0 Å². The smallest absolute Gasteiger partial charge is 0.227 e. The number of nitrogens with zero attached hydrogens (tertiary/aromatic N) is 2. The van der Waals surface area contributed by atoms with E-state index in [-0.39, 0.29) is 11.8 Å². The highest BCUT2D eigenvalue weighted by Crippen LogP contribution is 2.23. The van der Waals surface area contributed by atoms with Gasteiger partial charge in [-0.1, -0.05) is 18.2 Å². The third-order valence-electron chi connectivity index (χ3n) is 5.23. The van der Waals surface area contributed by atoms with Gasteiger partial charge in [-0.3, -0.25) is 9.69 Å². The first-order valence-electron chi connectivity index (χ1n) is 10.0. The number of carbonyl (C=O) groups is 1. The molecular weight excluding hydrogens is 380 g/mol. The predicted molar refractivity (Wildman–Crippen MR) is 120 cm³/mol. The average molecular weight is 407 g/mol. The maximum absolute atomic E-state index is 12.7. The Kier molecular flexibility index (Phi) is 6.22. The van der Waals surface area contributed by atoms with Crippen LogP contribution in [-0.4, -0.2) is 28.9 Å². The molecule has 2 aromatic carbocycles. The number of hydrogen-bond donors (Lipinski definition) is 2. The van der Waals surface area contributed by atoms with E-state index in [0.717, 1.165) is 60.2 Å². The average Bonchev–Trinajstić information content (AvgIpc) is 3.15. The molecule has 6 heteroatoms. The molecule has 0 unspecified atom stereocenters. The van der Waals surface area contributed by atoms with Gasteiger partial charge in [0.15, 0.2) is 0 Å². The standard InChI is InChI=1S/C23H26N4OS/c1-17-24-22(16-29-17)15-27-13-11-18(12-14-27)23(28)26-21-9-7-20(8-10-21)25-19-5-3-2-4-6-19/h2-10,16,18,25H,11-15H2,1H3,(H,26,28). The monoisotopic (exact) mass is 406 g/mol. The Labute approximate surface area is 175 Å². The molecule has 1 fully saturated rings. The molecule has 1 aromatic heterocycles. The van der Waals surface area contributed by atoms with Gasteiger partial charge in [-0.05, 0) is 69.3 Å². The number of aryl methyl sites for hydroxylation is 1. The van der Waals surface area contributed by atoms with E-state index in [2.05, 4.69) is 25.9 Å². The highest BCUT2D eigenvalue weighted by Gasteiger charge is 2.25. The molecule has 4 rings (SSSR count). The van der Waals surface area contributed by atoms with E-state index in [1.54, 1.807) is 11.3 Å². The van der Waals surface area contributed by atoms with Gasteiger partial charge in [0.2, 0.25) is 5.91 Å². The van der Waals surface area contributed by atoms with Crippen molar-refractivity contribution in [1.82, 2.24) is 9.88 Å². The number of rotatable bonds is 6. The van der Waals surface area contributed by atoms with Crippen LogP contribution in [0.15, 0.2) is 60.0 Å². The van der Waals surface area contributed by atoms with Crippen molar-refractivity contribution < 1.29 is 4.79 Å². The van der Waals surface area contributed by atoms with Crippen molar-refractivity contribution in [3.63, 3.8) is 0 Å². The first-order valence-corrected chi connectivity index (χ1v) is 10.9. The number of para-hydroxylation sites is 1. The largest absolute Gasteiger partial charge is 0.356 e. The highest BCUT2D eigenvalue weighted by molar-refractivity contribution is 7.09. The van der Waals surface area contributed by atoms with E-state index in [4.69, 9.17) is 0 Å². The second-order valence-electron chi connectivity index (χ2n) is 7.47. The summed E-state index contributed by atoms with van der Waals surface area (Å²) >= 11 is 1.69. The molecule has 2 N–H and O–H groups in total. The molecule has 0 saturated carbocycles. The molecule has 2 heterocycles. The fourth-order valence-electron chi connectivity index (χ4n) is 3.63. The van der Waals surface area contributed by atoms with Crippen LogP contribution in [0.5, 0.6) is 0 Å². The van der Waals surface area contributed by atoms with E-state index >= 15 is 0 Å². The third kappa shape index (κ3) is 5.43. The lowest BCUT2D eigenvalue weighted by molar-refractivity contribution is -0.121. The minimum absolute atomic E-state index is 0.0746. The number of likely N-dealkylation sites (tertiary alicyclic amines) is 1. The maximum atomic E-state index is 12.7. The molecule has 150 valence electrons. The van der Waals surface area contributed by atoms with Gasteiger partial charge in [0.1, 0.15) is 0 Å². The summed E-state index contributed by atoms with van der Waals surface area (Å²) in [6, 6.07) is 17.9. The first kappa shape index (κ1) is 19.6. The van der Waals surface area contributed by atoms with E-state index in [9.17, 15) is 4.79 Å². The lowest BCUT2D eigenvalue weighted by Gasteiger charge is -2.30. The maximum Gasteiger partial charge on any atom is 0.227 e. The first-order chi connectivity index (χ1) is 14.2. The molecular formula is C23H26N4OS. The number of aromatic nitrogens is 1. The zero-order valence-electron chi connectivity index (χ0n) is 16.6. The lowest BCUT2D eigenvalue weighted by atomic mass is 9.95. The van der Waals surface area contributed by atoms with Crippen LogP contribution < -0.4 is 10.6 Å². The summed E-state index contributed by atoms with van der Waals surface area (Å²) in [7, 11) is 0. The van der Waals surface area contributed by atoms with E-state index < -0.39 is 0 Å². The van der Waals surface area contributed by atoms with Crippen molar-refractivity contribution in [2.45, 2.75) is 26.3 Å². The van der Waals surface area contributed by atoms with Crippen molar-refractivity contribution in [1.29, 1.82) is 0 Å². The number of carbonyl (C=O) groups excluding carboxylic acids is 1. The number of amides is 1. The molecule has 1 amide bonds. The second-order valence-corrected chi connectivity index (χ2v) is 8.53. The molecule has 0 bridgehead atoms. The summed E-state index contributed by atoms with van der Waals surface area (Å²) in [5.74, 6) is 0.198. The van der Waals surface area contributed by atoms with Crippen LogP contribution >= 0.6 is 11.3 Å². The lowest BCUT2D eigenvalue weighted by Crippen LogP contribution is -2.37. The number of piperidine rings is 1. The molecule has 5 nitrogen and oxygen atoms in total. The topological polar surface area (TPSA) is 57.3 Å². The zero-order valence-corrected chi connectivity index (χ0v) is 17.4. The van der Waals surface area contributed by atoms with Crippen molar-refractivity contribution in [2.24, 2.45) is 5.92 Å². The predicted octanol–water partition coefficient (Wildman–Crippen LogP) is 5.05. The van der Waals surface area contributed by atoms with Gasteiger partial charge in [0.05, 0.1) is 10.7 Å². The Morgan fingerprint density at radius 2 is 1.69 bits per heavy atom. The van der Waals surface area contributed by atoms with Gasteiger partial charge < -0.3 is 10.6 Å². The molecule has 1 aliphatic rings. The minimum atomic E-state index is 0.0746.